The van der Waals surface area contributed by atoms with Gasteiger partial charge in [-0.2, -0.15) is 0 Å². The molecular formula is C21H23ClN2O. The molecule has 1 aliphatic heterocycles. The van der Waals surface area contributed by atoms with Gasteiger partial charge in [-0.15, -0.1) is 0 Å². The molecule has 0 radical (unpaired) electrons. The monoisotopic (exact) mass is 354 g/mol. The van der Waals surface area contributed by atoms with E-state index in [2.05, 4.69) is 41.5 Å². The van der Waals surface area contributed by atoms with Gasteiger partial charge in [0.1, 0.15) is 0 Å². The third-order valence-electron chi connectivity index (χ3n) is 5.53. The highest BCUT2D eigenvalue weighted by molar-refractivity contribution is 6.30. The molecule has 2 aliphatic rings. The highest BCUT2D eigenvalue weighted by Gasteiger charge is 2.43. The Morgan fingerprint density at radius 2 is 2.00 bits per heavy atom. The minimum Gasteiger partial charge on any atom is -0.354 e. The Kier molecular flexibility index (Phi) is 4.53. The number of amides is 1. The Labute approximate surface area is 154 Å². The summed E-state index contributed by atoms with van der Waals surface area (Å²) in [6.07, 6.45) is 1.90. The Morgan fingerprint density at radius 3 is 2.80 bits per heavy atom. The highest BCUT2D eigenvalue weighted by Crippen LogP contribution is 2.47. The minimum absolute atomic E-state index is 0.137. The summed E-state index contributed by atoms with van der Waals surface area (Å²) in [7, 11) is 2.12. The average molecular weight is 355 g/mol. The molecule has 4 rings (SSSR count). The molecule has 1 aliphatic carbocycles. The average Bonchev–Trinajstić information content (AvgIpc) is 3.42. The molecule has 130 valence electrons. The molecule has 1 fully saturated rings. The molecule has 2 aromatic rings. The molecule has 3 atom stereocenters. The first-order valence-corrected chi connectivity index (χ1v) is 9.30. The second kappa shape index (κ2) is 6.81. The van der Waals surface area contributed by atoms with Crippen LogP contribution >= 0.6 is 11.6 Å². The lowest BCUT2D eigenvalue weighted by molar-refractivity contribution is -0.122. The van der Waals surface area contributed by atoms with Gasteiger partial charge in [0.25, 0.3) is 0 Å². The number of hydrogen-bond acceptors (Lipinski definition) is 2. The van der Waals surface area contributed by atoms with Crippen molar-refractivity contribution >= 4 is 17.5 Å². The molecule has 1 saturated carbocycles. The molecule has 0 aromatic heterocycles. The summed E-state index contributed by atoms with van der Waals surface area (Å²) >= 11 is 6.13. The second-order valence-electron chi connectivity index (χ2n) is 7.29. The van der Waals surface area contributed by atoms with Crippen molar-refractivity contribution in [3.05, 3.63) is 70.2 Å². The van der Waals surface area contributed by atoms with E-state index in [0.717, 1.165) is 24.4 Å². The van der Waals surface area contributed by atoms with Gasteiger partial charge >= 0.3 is 0 Å². The molecule has 25 heavy (non-hydrogen) atoms. The third kappa shape index (κ3) is 3.58. The van der Waals surface area contributed by atoms with Gasteiger partial charge in [-0.3, -0.25) is 9.69 Å². The summed E-state index contributed by atoms with van der Waals surface area (Å²) in [5.74, 6) is 0.724. The van der Waals surface area contributed by atoms with Crippen molar-refractivity contribution in [3.63, 3.8) is 0 Å². The standard InChI is InChI=1S/C21H23ClN2O/c1-24-13-15-7-8-17(22)9-16(15)10-18(24)12-23-21(25)20-11-19(20)14-5-3-2-4-6-14/h2-9,18-20H,10-13H2,1H3,(H,23,25)/t18-,19+,20-/m1/s1. The molecule has 3 nitrogen and oxygen atoms in total. The first kappa shape index (κ1) is 16.6. The summed E-state index contributed by atoms with van der Waals surface area (Å²) in [5.41, 5.74) is 3.92. The number of rotatable bonds is 4. The van der Waals surface area contributed by atoms with E-state index in [1.807, 2.05) is 24.3 Å². The number of nitrogens with zero attached hydrogens (tertiary/aromatic N) is 1. The lowest BCUT2D eigenvalue weighted by atomic mass is 9.94. The Morgan fingerprint density at radius 1 is 1.20 bits per heavy atom. The van der Waals surface area contributed by atoms with Crippen LogP contribution in [-0.2, 0) is 17.8 Å². The molecule has 2 aromatic carbocycles. The van der Waals surface area contributed by atoms with Crippen LogP contribution in [0.2, 0.25) is 5.02 Å². The fraction of sp³-hybridized carbons (Fsp3) is 0.381. The van der Waals surface area contributed by atoms with Crippen LogP contribution in [-0.4, -0.2) is 30.4 Å². The second-order valence-corrected chi connectivity index (χ2v) is 7.73. The van der Waals surface area contributed by atoms with Gasteiger partial charge < -0.3 is 5.32 Å². The Bertz CT molecular complexity index is 777. The zero-order chi connectivity index (χ0) is 17.4. The largest absolute Gasteiger partial charge is 0.354 e. The van der Waals surface area contributed by atoms with Gasteiger partial charge in [0, 0.05) is 30.1 Å². The number of nitrogens with one attached hydrogen (secondary N) is 1. The van der Waals surface area contributed by atoms with Crippen molar-refractivity contribution in [2.45, 2.75) is 31.3 Å². The zero-order valence-electron chi connectivity index (χ0n) is 14.4. The Hall–Kier alpha value is -1.84. The first-order valence-electron chi connectivity index (χ1n) is 8.92. The molecule has 0 saturated heterocycles. The van der Waals surface area contributed by atoms with Crippen molar-refractivity contribution in [2.75, 3.05) is 13.6 Å². The number of hydrogen-bond donors (Lipinski definition) is 1. The van der Waals surface area contributed by atoms with Crippen LogP contribution in [0, 0.1) is 5.92 Å². The smallest absolute Gasteiger partial charge is 0.223 e. The normalized spacial score (nSPS) is 25.3. The summed E-state index contributed by atoms with van der Waals surface area (Å²) in [6, 6.07) is 16.8. The molecule has 0 bridgehead atoms. The van der Waals surface area contributed by atoms with Crippen molar-refractivity contribution in [2.24, 2.45) is 5.92 Å². The zero-order valence-corrected chi connectivity index (χ0v) is 15.2. The van der Waals surface area contributed by atoms with E-state index in [4.69, 9.17) is 11.6 Å². The van der Waals surface area contributed by atoms with E-state index < -0.39 is 0 Å². The van der Waals surface area contributed by atoms with E-state index in [1.54, 1.807) is 0 Å². The van der Waals surface area contributed by atoms with Crippen LogP contribution < -0.4 is 5.32 Å². The predicted molar refractivity (Wildman–Crippen MR) is 101 cm³/mol. The molecule has 0 spiro atoms. The summed E-state index contributed by atoms with van der Waals surface area (Å²) in [6.45, 7) is 1.60. The number of carbonyl (C=O) groups excluding carboxylic acids is 1. The molecule has 4 heteroatoms. The highest BCUT2D eigenvalue weighted by atomic mass is 35.5. The van der Waals surface area contributed by atoms with Crippen LogP contribution in [0.3, 0.4) is 0 Å². The van der Waals surface area contributed by atoms with Crippen LogP contribution in [0.25, 0.3) is 0 Å². The van der Waals surface area contributed by atoms with E-state index in [1.165, 1.54) is 16.7 Å². The van der Waals surface area contributed by atoms with Crippen LogP contribution in [0.15, 0.2) is 48.5 Å². The summed E-state index contributed by atoms with van der Waals surface area (Å²) in [4.78, 5) is 14.8. The molecule has 1 amide bonds. The quantitative estimate of drug-likeness (QED) is 0.909. The molecule has 1 N–H and O–H groups in total. The maximum absolute atomic E-state index is 12.5. The minimum atomic E-state index is 0.137. The SMILES string of the molecule is CN1Cc2ccc(Cl)cc2C[C@@H]1CNC(=O)[C@@H]1C[C@H]1c1ccccc1. The first-order chi connectivity index (χ1) is 12.1. The van der Waals surface area contributed by atoms with E-state index in [-0.39, 0.29) is 11.8 Å². The predicted octanol–water partition coefficient (Wildman–Crippen LogP) is 3.62. The lowest BCUT2D eigenvalue weighted by Gasteiger charge is -2.34. The van der Waals surface area contributed by atoms with Gasteiger partial charge in [0.2, 0.25) is 5.91 Å². The molecule has 1 heterocycles. The topological polar surface area (TPSA) is 32.3 Å². The molecular weight excluding hydrogens is 332 g/mol. The fourth-order valence-corrected chi connectivity index (χ4v) is 4.07. The molecule has 0 unspecified atom stereocenters. The fourth-order valence-electron chi connectivity index (χ4n) is 3.88. The number of carbonyl (C=O) groups is 1. The van der Waals surface area contributed by atoms with Crippen molar-refractivity contribution < 1.29 is 4.79 Å². The van der Waals surface area contributed by atoms with E-state index >= 15 is 0 Å². The van der Waals surface area contributed by atoms with Gasteiger partial charge in [-0.1, -0.05) is 48.0 Å². The van der Waals surface area contributed by atoms with Crippen LogP contribution in [0.1, 0.15) is 29.0 Å². The van der Waals surface area contributed by atoms with E-state index in [0.29, 0.717) is 18.5 Å². The van der Waals surface area contributed by atoms with Crippen molar-refractivity contribution in [1.82, 2.24) is 10.2 Å². The van der Waals surface area contributed by atoms with E-state index in [9.17, 15) is 4.79 Å². The van der Waals surface area contributed by atoms with Gasteiger partial charge in [0.05, 0.1) is 0 Å². The summed E-state index contributed by atoms with van der Waals surface area (Å²) < 4.78 is 0. The van der Waals surface area contributed by atoms with Crippen molar-refractivity contribution in [1.29, 1.82) is 0 Å². The third-order valence-corrected chi connectivity index (χ3v) is 5.77. The number of benzene rings is 2. The maximum Gasteiger partial charge on any atom is 0.223 e. The van der Waals surface area contributed by atoms with Crippen LogP contribution in [0.5, 0.6) is 0 Å². The van der Waals surface area contributed by atoms with Gasteiger partial charge in [-0.05, 0) is 54.6 Å². The number of halogens is 1. The maximum atomic E-state index is 12.5. The number of likely N-dealkylation sites (N-methyl/N-ethyl adjacent to an activating group) is 1. The Balaban J connectivity index is 1.33. The van der Waals surface area contributed by atoms with Crippen LogP contribution in [0.4, 0.5) is 0 Å². The van der Waals surface area contributed by atoms with Crippen molar-refractivity contribution in [3.8, 4) is 0 Å². The lowest BCUT2D eigenvalue weighted by Crippen LogP contribution is -2.45. The summed E-state index contributed by atoms with van der Waals surface area (Å²) in [5, 5.41) is 3.96. The number of fused-ring (bicyclic) bond motifs is 1. The van der Waals surface area contributed by atoms with Gasteiger partial charge in [-0.25, -0.2) is 0 Å². The van der Waals surface area contributed by atoms with Gasteiger partial charge in [0.15, 0.2) is 0 Å².